The molecule has 3 heterocycles. The molecule has 0 unspecified atom stereocenters. The number of carbonyl (C=O) groups is 1. The summed E-state index contributed by atoms with van der Waals surface area (Å²) >= 11 is 7.79. The summed E-state index contributed by atoms with van der Waals surface area (Å²) < 4.78 is 3.63. The van der Waals surface area contributed by atoms with Gasteiger partial charge in [0.1, 0.15) is 5.69 Å². The van der Waals surface area contributed by atoms with Gasteiger partial charge in [0.2, 0.25) is 0 Å². The van der Waals surface area contributed by atoms with Gasteiger partial charge in [-0.25, -0.2) is 14.6 Å². The first-order valence-corrected chi connectivity index (χ1v) is 10.4. The van der Waals surface area contributed by atoms with Gasteiger partial charge in [-0.3, -0.25) is 4.79 Å². The van der Waals surface area contributed by atoms with Crippen molar-refractivity contribution < 1.29 is 4.79 Å². The number of carbonyl (C=O) groups excluding carboxylic acids is 1. The second-order valence-electron chi connectivity index (χ2n) is 6.74. The lowest BCUT2D eigenvalue weighted by Crippen LogP contribution is -2.16. The van der Waals surface area contributed by atoms with Crippen LogP contribution < -0.4 is 5.32 Å². The van der Waals surface area contributed by atoms with Crippen molar-refractivity contribution in [3.8, 4) is 5.82 Å². The molecule has 0 spiro atoms. The van der Waals surface area contributed by atoms with E-state index in [0.29, 0.717) is 11.5 Å². The van der Waals surface area contributed by atoms with Crippen LogP contribution in [0.1, 0.15) is 21.9 Å². The molecule has 152 valence electrons. The van der Waals surface area contributed by atoms with Crippen molar-refractivity contribution in [2.24, 2.45) is 7.05 Å². The number of nitrogens with one attached hydrogen (secondary N) is 1. The molecular formula is C21H19ClN6OS. The lowest BCUT2D eigenvalue weighted by Gasteiger charge is -2.10. The molecule has 4 rings (SSSR count). The smallest absolute Gasteiger partial charge is 0.275 e. The highest BCUT2D eigenvalue weighted by molar-refractivity contribution is 7.99. The van der Waals surface area contributed by atoms with Gasteiger partial charge in [0.25, 0.3) is 5.91 Å². The van der Waals surface area contributed by atoms with Gasteiger partial charge in [-0.1, -0.05) is 23.4 Å². The summed E-state index contributed by atoms with van der Waals surface area (Å²) in [5, 5.41) is 8.43. The van der Waals surface area contributed by atoms with Crippen LogP contribution >= 0.6 is 23.4 Å². The van der Waals surface area contributed by atoms with Crippen LogP contribution in [0.5, 0.6) is 0 Å². The van der Waals surface area contributed by atoms with Gasteiger partial charge in [-0.15, -0.1) is 0 Å². The van der Waals surface area contributed by atoms with Crippen LogP contribution in [0.2, 0.25) is 5.02 Å². The summed E-state index contributed by atoms with van der Waals surface area (Å²) in [5.74, 6) is 0.157. The van der Waals surface area contributed by atoms with Crippen LogP contribution in [0.15, 0.2) is 64.9 Å². The van der Waals surface area contributed by atoms with Crippen molar-refractivity contribution in [3.05, 3.63) is 77.0 Å². The number of aryl methyl sites for hydroxylation is 3. The zero-order valence-electron chi connectivity index (χ0n) is 16.6. The first-order chi connectivity index (χ1) is 14.4. The average Bonchev–Trinajstić information content (AvgIpc) is 3.28. The molecule has 0 saturated heterocycles. The highest BCUT2D eigenvalue weighted by atomic mass is 35.5. The SMILES string of the molecule is Cc1cc(C)n(-c2ccc(Cl)c(C(=O)Nc3ccc(Sc4nccn4C)cc3)n2)n1. The minimum Gasteiger partial charge on any atom is -0.329 e. The van der Waals surface area contributed by atoms with Crippen molar-refractivity contribution in [1.29, 1.82) is 0 Å². The Morgan fingerprint density at radius 1 is 1.13 bits per heavy atom. The lowest BCUT2D eigenvalue weighted by molar-refractivity contribution is 0.102. The minimum atomic E-state index is -0.382. The third kappa shape index (κ3) is 4.24. The molecule has 0 fully saturated rings. The standard InChI is InChI=1S/C21H19ClN6OS/c1-13-12-14(2)28(26-13)18-9-8-17(22)19(25-18)20(29)24-15-4-6-16(7-5-15)30-21-23-10-11-27(21)3/h4-12H,1-3H3,(H,24,29). The molecule has 9 heteroatoms. The second-order valence-corrected chi connectivity index (χ2v) is 8.19. The number of hydrogen-bond donors (Lipinski definition) is 1. The molecule has 0 radical (unpaired) electrons. The Hall–Kier alpha value is -3.10. The van der Waals surface area contributed by atoms with E-state index >= 15 is 0 Å². The van der Waals surface area contributed by atoms with Gasteiger partial charge in [0.15, 0.2) is 11.0 Å². The van der Waals surface area contributed by atoms with E-state index in [1.807, 2.05) is 62.0 Å². The highest BCUT2D eigenvalue weighted by Crippen LogP contribution is 2.27. The molecule has 4 aromatic rings. The second kappa shape index (κ2) is 8.33. The quantitative estimate of drug-likeness (QED) is 0.489. The lowest BCUT2D eigenvalue weighted by atomic mass is 10.3. The molecule has 0 aliphatic carbocycles. The zero-order chi connectivity index (χ0) is 21.3. The Morgan fingerprint density at radius 3 is 2.53 bits per heavy atom. The fourth-order valence-electron chi connectivity index (χ4n) is 2.92. The van der Waals surface area contributed by atoms with Gasteiger partial charge in [-0.2, -0.15) is 5.10 Å². The van der Waals surface area contributed by atoms with Gasteiger partial charge < -0.3 is 9.88 Å². The summed E-state index contributed by atoms with van der Waals surface area (Å²) in [6.45, 7) is 3.84. The fourth-order valence-corrected chi connectivity index (χ4v) is 3.91. The monoisotopic (exact) mass is 438 g/mol. The predicted molar refractivity (Wildman–Crippen MR) is 118 cm³/mol. The largest absolute Gasteiger partial charge is 0.329 e. The van der Waals surface area contributed by atoms with Crippen molar-refractivity contribution >= 4 is 35.0 Å². The van der Waals surface area contributed by atoms with E-state index in [2.05, 4.69) is 20.4 Å². The number of rotatable bonds is 5. The van der Waals surface area contributed by atoms with E-state index in [-0.39, 0.29) is 16.6 Å². The maximum Gasteiger partial charge on any atom is 0.275 e. The van der Waals surface area contributed by atoms with Gasteiger partial charge in [0, 0.05) is 35.7 Å². The Bertz CT molecular complexity index is 1210. The summed E-state index contributed by atoms with van der Waals surface area (Å²) in [7, 11) is 1.95. The molecule has 1 N–H and O–H groups in total. The Balaban J connectivity index is 1.51. The van der Waals surface area contributed by atoms with Crippen LogP contribution in [0.25, 0.3) is 5.82 Å². The number of hydrogen-bond acceptors (Lipinski definition) is 5. The summed E-state index contributed by atoms with van der Waals surface area (Å²) in [6.07, 6.45) is 3.65. The van der Waals surface area contributed by atoms with Crippen LogP contribution in [0.3, 0.4) is 0 Å². The Labute approximate surface area is 183 Å². The molecule has 7 nitrogen and oxygen atoms in total. The van der Waals surface area contributed by atoms with Gasteiger partial charge in [-0.05, 0) is 56.3 Å². The number of benzene rings is 1. The third-order valence-electron chi connectivity index (χ3n) is 4.37. The molecule has 1 amide bonds. The van der Waals surface area contributed by atoms with Crippen molar-refractivity contribution in [1.82, 2.24) is 24.3 Å². The zero-order valence-corrected chi connectivity index (χ0v) is 18.2. The molecule has 30 heavy (non-hydrogen) atoms. The number of halogens is 1. The van der Waals surface area contributed by atoms with E-state index in [1.54, 1.807) is 34.8 Å². The van der Waals surface area contributed by atoms with E-state index < -0.39 is 0 Å². The van der Waals surface area contributed by atoms with Gasteiger partial charge in [0.05, 0.1) is 10.7 Å². The first kappa shape index (κ1) is 20.2. The topological polar surface area (TPSA) is 77.6 Å². The fraction of sp³-hybridized carbons (Fsp3) is 0.143. The normalized spacial score (nSPS) is 10.9. The van der Waals surface area contributed by atoms with Crippen LogP contribution in [0.4, 0.5) is 5.69 Å². The summed E-state index contributed by atoms with van der Waals surface area (Å²) in [6, 6.07) is 12.9. The number of imidazole rings is 1. The average molecular weight is 439 g/mol. The molecule has 0 aliphatic heterocycles. The number of amides is 1. The van der Waals surface area contributed by atoms with Crippen molar-refractivity contribution in [2.75, 3.05) is 5.32 Å². The molecule has 0 saturated carbocycles. The van der Waals surface area contributed by atoms with Crippen LogP contribution in [0, 0.1) is 13.8 Å². The van der Waals surface area contributed by atoms with E-state index in [0.717, 1.165) is 21.4 Å². The van der Waals surface area contributed by atoms with E-state index in [9.17, 15) is 4.79 Å². The molecule has 0 bridgehead atoms. The third-order valence-corrected chi connectivity index (χ3v) is 5.76. The molecule has 3 aromatic heterocycles. The van der Waals surface area contributed by atoms with Crippen molar-refractivity contribution in [3.63, 3.8) is 0 Å². The van der Waals surface area contributed by atoms with Crippen LogP contribution in [-0.4, -0.2) is 30.2 Å². The predicted octanol–water partition coefficient (Wildman–Crippen LogP) is 4.67. The number of anilines is 1. The Morgan fingerprint density at radius 2 is 1.90 bits per heavy atom. The number of nitrogens with zero attached hydrogens (tertiary/aromatic N) is 5. The van der Waals surface area contributed by atoms with Crippen LogP contribution in [-0.2, 0) is 7.05 Å². The van der Waals surface area contributed by atoms with Gasteiger partial charge >= 0.3 is 0 Å². The molecular weight excluding hydrogens is 420 g/mol. The molecule has 1 aromatic carbocycles. The molecule has 0 aliphatic rings. The maximum absolute atomic E-state index is 12.8. The molecule has 0 atom stereocenters. The summed E-state index contributed by atoms with van der Waals surface area (Å²) in [4.78, 5) is 22.5. The Kier molecular flexibility index (Phi) is 5.61. The summed E-state index contributed by atoms with van der Waals surface area (Å²) in [5.41, 5.74) is 2.60. The maximum atomic E-state index is 12.8. The first-order valence-electron chi connectivity index (χ1n) is 9.17. The minimum absolute atomic E-state index is 0.146. The number of pyridine rings is 1. The van der Waals surface area contributed by atoms with E-state index in [1.165, 1.54) is 0 Å². The van der Waals surface area contributed by atoms with E-state index in [4.69, 9.17) is 11.6 Å². The number of aromatic nitrogens is 5. The van der Waals surface area contributed by atoms with Crippen molar-refractivity contribution in [2.45, 2.75) is 23.9 Å². The highest BCUT2D eigenvalue weighted by Gasteiger charge is 2.16.